The number of fused-ring (bicyclic) bond motifs is 1. The molecule has 0 spiro atoms. The van der Waals surface area contributed by atoms with Crippen LogP contribution in [0.5, 0.6) is 0 Å². The van der Waals surface area contributed by atoms with Crippen molar-refractivity contribution in [3.8, 4) is 5.69 Å². The van der Waals surface area contributed by atoms with Crippen LogP contribution in [0.25, 0.3) is 16.7 Å². The van der Waals surface area contributed by atoms with Gasteiger partial charge >= 0.3 is 5.69 Å². The van der Waals surface area contributed by atoms with E-state index in [0.717, 1.165) is 53.7 Å². The normalized spacial score (nSPS) is 17.9. The number of carbonyl (C=O) groups is 1. The molecule has 1 aliphatic carbocycles. The van der Waals surface area contributed by atoms with E-state index in [-0.39, 0.29) is 17.6 Å². The molecule has 1 saturated carbocycles. The molecule has 0 atom stereocenters. The van der Waals surface area contributed by atoms with Crippen molar-refractivity contribution in [3.63, 3.8) is 0 Å². The number of hydrogen-bond donors (Lipinski definition) is 1. The lowest BCUT2D eigenvalue weighted by Crippen LogP contribution is -2.39. The van der Waals surface area contributed by atoms with E-state index in [1.807, 2.05) is 60.2 Å². The summed E-state index contributed by atoms with van der Waals surface area (Å²) in [5.74, 6) is 0.234. The van der Waals surface area contributed by atoms with Crippen LogP contribution in [-0.4, -0.2) is 31.1 Å². The van der Waals surface area contributed by atoms with E-state index in [1.54, 1.807) is 18.5 Å². The van der Waals surface area contributed by atoms with Crippen LogP contribution in [0.15, 0.2) is 53.6 Å². The van der Waals surface area contributed by atoms with Crippen LogP contribution in [0.3, 0.4) is 0 Å². The second kappa shape index (κ2) is 9.90. The summed E-state index contributed by atoms with van der Waals surface area (Å²) in [4.78, 5) is 35.0. The number of rotatable bonds is 5. The van der Waals surface area contributed by atoms with Crippen molar-refractivity contribution < 1.29 is 4.79 Å². The molecule has 4 aromatic rings. The summed E-state index contributed by atoms with van der Waals surface area (Å²) < 4.78 is 3.72. The minimum absolute atomic E-state index is 0.0238. The van der Waals surface area contributed by atoms with Crippen LogP contribution >= 0.6 is 11.6 Å². The molecule has 5 rings (SSSR count). The first-order chi connectivity index (χ1) is 17.3. The van der Waals surface area contributed by atoms with E-state index in [0.29, 0.717) is 28.7 Å². The minimum Gasteiger partial charge on any atom is -0.349 e. The molecule has 3 heterocycles. The van der Waals surface area contributed by atoms with Gasteiger partial charge in [-0.3, -0.25) is 23.9 Å². The Hall–Kier alpha value is -3.45. The lowest BCUT2D eigenvalue weighted by Gasteiger charge is -2.29. The maximum atomic E-state index is 13.7. The lowest BCUT2D eigenvalue weighted by atomic mass is 9.85. The van der Waals surface area contributed by atoms with Gasteiger partial charge in [0.2, 0.25) is 0 Å². The molecule has 0 aliphatic heterocycles. The van der Waals surface area contributed by atoms with Crippen molar-refractivity contribution in [1.82, 2.24) is 24.4 Å². The second-order valence-corrected chi connectivity index (χ2v) is 10.2. The zero-order chi connectivity index (χ0) is 25.4. The molecule has 0 bridgehead atoms. The summed E-state index contributed by atoms with van der Waals surface area (Å²) >= 11 is 6.04. The molecule has 36 heavy (non-hydrogen) atoms. The van der Waals surface area contributed by atoms with Crippen molar-refractivity contribution in [2.24, 2.45) is 5.92 Å². The lowest BCUT2D eigenvalue weighted by molar-refractivity contribution is 0.0919. The van der Waals surface area contributed by atoms with Crippen molar-refractivity contribution >= 4 is 28.5 Å². The molecule has 8 heteroatoms. The van der Waals surface area contributed by atoms with Gasteiger partial charge in [0.15, 0.2) is 0 Å². The fourth-order valence-corrected chi connectivity index (χ4v) is 5.39. The largest absolute Gasteiger partial charge is 0.349 e. The van der Waals surface area contributed by atoms with E-state index in [1.165, 1.54) is 0 Å². The Labute approximate surface area is 215 Å². The Morgan fingerprint density at radius 3 is 2.50 bits per heavy atom. The quantitative estimate of drug-likeness (QED) is 0.408. The highest BCUT2D eigenvalue weighted by Gasteiger charge is 2.26. The summed E-state index contributed by atoms with van der Waals surface area (Å²) in [6.45, 7) is 6.44. The number of para-hydroxylation sites is 2. The Morgan fingerprint density at radius 1 is 1.03 bits per heavy atom. The topological polar surface area (TPSA) is 81.8 Å². The first-order valence-electron chi connectivity index (χ1n) is 12.4. The number of carbonyl (C=O) groups excluding carboxylic acids is 1. The number of amides is 1. The average molecular weight is 504 g/mol. The number of benzene rings is 1. The number of hydrogen-bond acceptors (Lipinski definition) is 4. The number of nitrogens with one attached hydrogen (secondary N) is 1. The predicted octanol–water partition coefficient (Wildman–Crippen LogP) is 5.15. The fraction of sp³-hybridized carbons (Fsp3) is 0.357. The monoisotopic (exact) mass is 503 g/mol. The number of nitrogens with zero attached hydrogens (tertiary/aromatic N) is 4. The van der Waals surface area contributed by atoms with Crippen molar-refractivity contribution in [2.45, 2.75) is 59.0 Å². The summed E-state index contributed by atoms with van der Waals surface area (Å²) in [5.41, 5.74) is 5.80. The molecule has 0 unspecified atom stereocenters. The second-order valence-electron chi connectivity index (χ2n) is 9.74. The van der Waals surface area contributed by atoms with E-state index in [4.69, 9.17) is 11.6 Å². The maximum Gasteiger partial charge on any atom is 0.333 e. The number of imidazole rings is 1. The Kier molecular flexibility index (Phi) is 6.67. The van der Waals surface area contributed by atoms with Crippen molar-refractivity contribution in [1.29, 1.82) is 0 Å². The van der Waals surface area contributed by atoms with Gasteiger partial charge in [0.05, 0.1) is 33.0 Å². The third-order valence-electron chi connectivity index (χ3n) is 7.42. The van der Waals surface area contributed by atoms with Gasteiger partial charge in [0.25, 0.3) is 5.91 Å². The molecule has 0 saturated heterocycles. The zero-order valence-corrected chi connectivity index (χ0v) is 21.5. The third-order valence-corrected chi connectivity index (χ3v) is 7.63. The van der Waals surface area contributed by atoms with Crippen molar-refractivity contribution in [2.75, 3.05) is 0 Å². The highest BCUT2D eigenvalue weighted by Crippen LogP contribution is 2.28. The first-order valence-corrected chi connectivity index (χ1v) is 12.8. The molecule has 1 fully saturated rings. The van der Waals surface area contributed by atoms with Gasteiger partial charge in [-0.2, -0.15) is 0 Å². The van der Waals surface area contributed by atoms with Crippen LogP contribution in [0.2, 0.25) is 5.02 Å². The maximum absolute atomic E-state index is 13.7. The standard InChI is InChI=1S/C28H30ClN5O2/c1-17-18(2)30-13-12-24(17)34-26-7-5-4-6-25(26)33(28(34)36)16-20-8-10-22(11-9-20)32-27(35)23-14-21(29)15-31-19(23)3/h4-7,12-15,20,22H,8-11,16H2,1-3H3,(H,32,35)/t20-,22-. The van der Waals surface area contributed by atoms with Crippen LogP contribution in [0.4, 0.5) is 0 Å². The predicted molar refractivity (Wildman–Crippen MR) is 142 cm³/mol. The van der Waals surface area contributed by atoms with Crippen LogP contribution in [0.1, 0.15) is 53.0 Å². The molecule has 3 aromatic heterocycles. The highest BCUT2D eigenvalue weighted by molar-refractivity contribution is 6.30. The zero-order valence-electron chi connectivity index (χ0n) is 20.8. The number of pyridine rings is 2. The minimum atomic E-state index is -0.131. The molecule has 1 N–H and O–H groups in total. The van der Waals surface area contributed by atoms with Gasteiger partial charge in [-0.15, -0.1) is 0 Å². The van der Waals surface area contributed by atoms with Gasteiger partial charge in [-0.05, 0) is 82.2 Å². The van der Waals surface area contributed by atoms with E-state index >= 15 is 0 Å². The molecule has 1 aliphatic rings. The summed E-state index contributed by atoms with van der Waals surface area (Å²) in [5, 5.41) is 3.60. The van der Waals surface area contributed by atoms with Crippen LogP contribution < -0.4 is 11.0 Å². The SMILES string of the molecule is Cc1ncc(Cl)cc1C(=O)N[C@H]1CC[C@H](Cn2c(=O)n(-c3ccnc(C)c3C)c3ccccc32)CC1. The van der Waals surface area contributed by atoms with Crippen molar-refractivity contribution in [3.05, 3.63) is 86.8 Å². The highest BCUT2D eigenvalue weighted by atomic mass is 35.5. The summed E-state index contributed by atoms with van der Waals surface area (Å²) in [6, 6.07) is 11.6. The molecule has 186 valence electrons. The Bertz CT molecular complexity index is 1500. The van der Waals surface area contributed by atoms with Gasteiger partial charge in [0, 0.05) is 30.7 Å². The summed E-state index contributed by atoms with van der Waals surface area (Å²) in [7, 11) is 0. The van der Waals surface area contributed by atoms with Gasteiger partial charge in [-0.1, -0.05) is 23.7 Å². The molecular formula is C28H30ClN5O2. The first kappa shape index (κ1) is 24.3. The summed E-state index contributed by atoms with van der Waals surface area (Å²) in [6.07, 6.45) is 6.94. The fourth-order valence-electron chi connectivity index (χ4n) is 5.23. The van der Waals surface area contributed by atoms with E-state index in [2.05, 4.69) is 15.3 Å². The van der Waals surface area contributed by atoms with E-state index in [9.17, 15) is 9.59 Å². The van der Waals surface area contributed by atoms with Crippen LogP contribution in [0, 0.1) is 26.7 Å². The smallest absolute Gasteiger partial charge is 0.333 e. The molecule has 0 radical (unpaired) electrons. The average Bonchev–Trinajstić information content (AvgIpc) is 3.14. The number of aryl methyl sites for hydroxylation is 2. The Balaban J connectivity index is 1.33. The van der Waals surface area contributed by atoms with Gasteiger partial charge in [-0.25, -0.2) is 4.79 Å². The van der Waals surface area contributed by atoms with E-state index < -0.39 is 0 Å². The molecule has 7 nitrogen and oxygen atoms in total. The van der Waals surface area contributed by atoms with Crippen LogP contribution in [-0.2, 0) is 6.54 Å². The molecular weight excluding hydrogens is 474 g/mol. The molecule has 1 aromatic carbocycles. The number of aromatic nitrogens is 4. The molecule has 1 amide bonds. The van der Waals surface area contributed by atoms with Gasteiger partial charge in [0.1, 0.15) is 0 Å². The van der Waals surface area contributed by atoms with Gasteiger partial charge < -0.3 is 5.32 Å². The Morgan fingerprint density at radius 2 is 1.75 bits per heavy atom. The number of halogens is 1. The third kappa shape index (κ3) is 4.55.